The van der Waals surface area contributed by atoms with Crippen molar-refractivity contribution in [3.05, 3.63) is 46.3 Å². The standard InChI is InChI=1S/C17H18O3S/c1-11-9-12(15-8-6-13(10-18)21-15)5-7-14(11)16(19)20-17(2,3)4/h5-10H,1-4H3. The Morgan fingerprint density at radius 3 is 2.43 bits per heavy atom. The van der Waals surface area contributed by atoms with Crippen LogP contribution in [-0.4, -0.2) is 17.9 Å². The molecule has 0 bridgehead atoms. The monoisotopic (exact) mass is 302 g/mol. The second-order valence-corrected chi connectivity index (χ2v) is 6.97. The van der Waals surface area contributed by atoms with Crippen LogP contribution in [0, 0.1) is 6.92 Å². The molecule has 2 rings (SSSR count). The summed E-state index contributed by atoms with van der Waals surface area (Å²) < 4.78 is 5.39. The largest absolute Gasteiger partial charge is 0.456 e. The molecule has 3 nitrogen and oxygen atoms in total. The van der Waals surface area contributed by atoms with Crippen molar-refractivity contribution in [3.8, 4) is 10.4 Å². The lowest BCUT2D eigenvalue weighted by molar-refractivity contribution is 0.00687. The number of esters is 1. The van der Waals surface area contributed by atoms with Crippen LogP contribution in [0.2, 0.25) is 0 Å². The zero-order valence-corrected chi connectivity index (χ0v) is 13.4. The highest BCUT2D eigenvalue weighted by Crippen LogP contribution is 2.29. The van der Waals surface area contributed by atoms with E-state index in [2.05, 4.69) is 0 Å². The Morgan fingerprint density at radius 2 is 1.90 bits per heavy atom. The van der Waals surface area contributed by atoms with Crippen molar-refractivity contribution < 1.29 is 14.3 Å². The lowest BCUT2D eigenvalue weighted by Gasteiger charge is -2.20. The number of carbonyl (C=O) groups excluding carboxylic acids is 2. The quantitative estimate of drug-likeness (QED) is 0.619. The summed E-state index contributed by atoms with van der Waals surface area (Å²) >= 11 is 1.43. The highest BCUT2D eigenvalue weighted by Gasteiger charge is 2.19. The number of thiophene rings is 1. The fourth-order valence-corrected chi connectivity index (χ4v) is 2.77. The topological polar surface area (TPSA) is 43.4 Å². The van der Waals surface area contributed by atoms with Crippen LogP contribution in [0.1, 0.15) is 46.4 Å². The third-order valence-corrected chi connectivity index (χ3v) is 3.93. The molecular formula is C17H18O3S. The number of aldehydes is 1. The van der Waals surface area contributed by atoms with E-state index in [4.69, 9.17) is 4.74 Å². The van der Waals surface area contributed by atoms with Crippen LogP contribution in [-0.2, 0) is 4.74 Å². The fourth-order valence-electron chi connectivity index (χ4n) is 1.95. The average molecular weight is 302 g/mol. The summed E-state index contributed by atoms with van der Waals surface area (Å²) in [5, 5.41) is 0. The number of hydrogen-bond acceptors (Lipinski definition) is 4. The van der Waals surface area contributed by atoms with E-state index in [-0.39, 0.29) is 5.97 Å². The summed E-state index contributed by atoms with van der Waals surface area (Å²) in [5.41, 5.74) is 1.93. The van der Waals surface area contributed by atoms with Gasteiger partial charge in [0.2, 0.25) is 0 Å². The maximum atomic E-state index is 12.1. The van der Waals surface area contributed by atoms with Crippen molar-refractivity contribution in [1.82, 2.24) is 0 Å². The van der Waals surface area contributed by atoms with Gasteiger partial charge in [-0.3, -0.25) is 4.79 Å². The first-order valence-corrected chi connectivity index (χ1v) is 7.51. The van der Waals surface area contributed by atoms with Crippen LogP contribution < -0.4 is 0 Å². The van der Waals surface area contributed by atoms with Crippen molar-refractivity contribution in [2.45, 2.75) is 33.3 Å². The van der Waals surface area contributed by atoms with E-state index >= 15 is 0 Å². The maximum Gasteiger partial charge on any atom is 0.338 e. The Kier molecular flexibility index (Phi) is 4.28. The normalized spacial score (nSPS) is 11.2. The molecule has 0 amide bonds. The van der Waals surface area contributed by atoms with Gasteiger partial charge in [0.1, 0.15) is 5.60 Å². The first-order valence-electron chi connectivity index (χ1n) is 6.69. The van der Waals surface area contributed by atoms with Crippen molar-refractivity contribution >= 4 is 23.6 Å². The molecule has 21 heavy (non-hydrogen) atoms. The Balaban J connectivity index is 2.29. The van der Waals surface area contributed by atoms with Gasteiger partial charge in [0, 0.05) is 4.88 Å². The minimum absolute atomic E-state index is 0.314. The predicted octanol–water partition coefficient (Wildman–Crippen LogP) is 4.49. The molecule has 0 radical (unpaired) electrons. The minimum atomic E-state index is -0.505. The summed E-state index contributed by atoms with van der Waals surface area (Å²) in [4.78, 5) is 24.6. The molecule has 0 spiro atoms. The Bertz CT molecular complexity index is 678. The van der Waals surface area contributed by atoms with E-state index in [1.807, 2.05) is 45.9 Å². The van der Waals surface area contributed by atoms with Gasteiger partial charge >= 0.3 is 5.97 Å². The van der Waals surface area contributed by atoms with E-state index < -0.39 is 5.60 Å². The van der Waals surface area contributed by atoms with Gasteiger partial charge in [-0.15, -0.1) is 11.3 Å². The van der Waals surface area contributed by atoms with Gasteiger partial charge in [-0.2, -0.15) is 0 Å². The van der Waals surface area contributed by atoms with E-state index in [9.17, 15) is 9.59 Å². The molecule has 0 fully saturated rings. The molecule has 0 saturated heterocycles. The third kappa shape index (κ3) is 3.79. The van der Waals surface area contributed by atoms with Crippen molar-refractivity contribution in [2.24, 2.45) is 0 Å². The number of aryl methyl sites for hydroxylation is 1. The number of ether oxygens (including phenoxy) is 1. The average Bonchev–Trinajstić information content (AvgIpc) is 2.85. The van der Waals surface area contributed by atoms with E-state index in [0.29, 0.717) is 10.4 Å². The minimum Gasteiger partial charge on any atom is -0.456 e. The zero-order valence-electron chi connectivity index (χ0n) is 12.6. The van der Waals surface area contributed by atoms with Crippen LogP contribution in [0.25, 0.3) is 10.4 Å². The number of hydrogen-bond donors (Lipinski definition) is 0. The SMILES string of the molecule is Cc1cc(-c2ccc(C=O)s2)ccc1C(=O)OC(C)(C)C. The first kappa shape index (κ1) is 15.4. The molecule has 110 valence electrons. The summed E-state index contributed by atoms with van der Waals surface area (Å²) in [6.45, 7) is 7.43. The molecule has 0 aliphatic rings. The van der Waals surface area contributed by atoms with Crippen molar-refractivity contribution in [2.75, 3.05) is 0 Å². The van der Waals surface area contributed by atoms with Gasteiger partial charge < -0.3 is 4.74 Å². The Hall–Kier alpha value is -1.94. The summed E-state index contributed by atoms with van der Waals surface area (Å²) in [7, 11) is 0. The predicted molar refractivity (Wildman–Crippen MR) is 85.0 cm³/mol. The molecule has 2 aromatic rings. The first-order chi connectivity index (χ1) is 9.80. The molecule has 1 aromatic heterocycles. The van der Waals surface area contributed by atoms with Gasteiger partial charge in [-0.05, 0) is 63.1 Å². The highest BCUT2D eigenvalue weighted by molar-refractivity contribution is 7.17. The molecule has 0 aliphatic heterocycles. The molecule has 1 heterocycles. The molecular weight excluding hydrogens is 284 g/mol. The van der Waals surface area contributed by atoms with E-state index in [1.54, 1.807) is 12.1 Å². The molecule has 4 heteroatoms. The number of carbonyl (C=O) groups is 2. The Labute approximate surface area is 128 Å². The van der Waals surface area contributed by atoms with Crippen LogP contribution in [0.5, 0.6) is 0 Å². The van der Waals surface area contributed by atoms with Crippen LogP contribution >= 0.6 is 11.3 Å². The van der Waals surface area contributed by atoms with Gasteiger partial charge in [-0.25, -0.2) is 4.79 Å². The fraction of sp³-hybridized carbons (Fsp3) is 0.294. The van der Waals surface area contributed by atoms with Crippen LogP contribution in [0.4, 0.5) is 0 Å². The summed E-state index contributed by atoms with van der Waals surface area (Å²) in [6.07, 6.45) is 0.843. The lowest BCUT2D eigenvalue weighted by atomic mass is 10.0. The number of rotatable bonds is 3. The molecule has 1 aromatic carbocycles. The van der Waals surface area contributed by atoms with Crippen molar-refractivity contribution in [3.63, 3.8) is 0 Å². The smallest absolute Gasteiger partial charge is 0.338 e. The molecule has 0 N–H and O–H groups in total. The second-order valence-electron chi connectivity index (χ2n) is 5.85. The van der Waals surface area contributed by atoms with Crippen LogP contribution in [0.3, 0.4) is 0 Å². The van der Waals surface area contributed by atoms with Crippen LogP contribution in [0.15, 0.2) is 30.3 Å². The summed E-state index contributed by atoms with van der Waals surface area (Å²) in [5.74, 6) is -0.314. The summed E-state index contributed by atoms with van der Waals surface area (Å²) in [6, 6.07) is 9.31. The maximum absolute atomic E-state index is 12.1. The zero-order chi connectivity index (χ0) is 15.6. The second kappa shape index (κ2) is 5.82. The molecule has 0 aliphatic carbocycles. The van der Waals surface area contributed by atoms with E-state index in [1.165, 1.54) is 11.3 Å². The molecule has 0 atom stereocenters. The van der Waals surface area contributed by atoms with Gasteiger partial charge in [0.15, 0.2) is 6.29 Å². The van der Waals surface area contributed by atoms with E-state index in [0.717, 1.165) is 22.3 Å². The Morgan fingerprint density at radius 1 is 1.19 bits per heavy atom. The lowest BCUT2D eigenvalue weighted by Crippen LogP contribution is -2.24. The molecule has 0 unspecified atom stereocenters. The highest BCUT2D eigenvalue weighted by atomic mass is 32.1. The van der Waals surface area contributed by atoms with Gasteiger partial charge in [0.05, 0.1) is 10.4 Å². The third-order valence-electron chi connectivity index (χ3n) is 2.87. The van der Waals surface area contributed by atoms with Gasteiger partial charge in [-0.1, -0.05) is 6.07 Å². The number of benzene rings is 1. The van der Waals surface area contributed by atoms with Gasteiger partial charge in [0.25, 0.3) is 0 Å². The van der Waals surface area contributed by atoms with Crippen molar-refractivity contribution in [1.29, 1.82) is 0 Å². The molecule has 0 saturated carbocycles.